The van der Waals surface area contributed by atoms with E-state index in [1.807, 2.05) is 0 Å². The highest BCUT2D eigenvalue weighted by molar-refractivity contribution is 5.80. The molecule has 0 bridgehead atoms. The fraction of sp³-hybridized carbons (Fsp3) is 0.364. The summed E-state index contributed by atoms with van der Waals surface area (Å²) in [5, 5.41) is 0. The zero-order chi connectivity index (χ0) is 11.9. The predicted octanol–water partition coefficient (Wildman–Crippen LogP) is 1.62. The fourth-order valence-corrected chi connectivity index (χ4v) is 2.15. The first kappa shape index (κ1) is 11.0. The molecule has 0 radical (unpaired) electrons. The molecule has 1 aliphatic carbocycles. The molecule has 0 aliphatic heterocycles. The number of ether oxygens (including phenoxy) is 1. The van der Waals surface area contributed by atoms with Crippen molar-refractivity contribution in [2.75, 3.05) is 7.11 Å². The van der Waals surface area contributed by atoms with Gasteiger partial charge in [0.2, 0.25) is 0 Å². The largest absolute Gasteiger partial charge is 0.469 e. The standard InChI is InChI=1S/C11H11F2NO2/c1-16-11(15)7-4-9(14)10-6(7)2-5(12)3-8(10)13/h2-3,7,9H,4,14H2,1H3. The van der Waals surface area contributed by atoms with E-state index in [9.17, 15) is 13.6 Å². The second-order valence-electron chi connectivity index (χ2n) is 3.81. The highest BCUT2D eigenvalue weighted by atomic mass is 19.1. The van der Waals surface area contributed by atoms with Crippen molar-refractivity contribution in [1.29, 1.82) is 0 Å². The van der Waals surface area contributed by atoms with Crippen molar-refractivity contribution in [2.24, 2.45) is 5.73 Å². The Morgan fingerprint density at radius 1 is 1.50 bits per heavy atom. The van der Waals surface area contributed by atoms with E-state index in [1.54, 1.807) is 0 Å². The lowest BCUT2D eigenvalue weighted by Crippen LogP contribution is -2.13. The summed E-state index contributed by atoms with van der Waals surface area (Å²) < 4.78 is 31.1. The summed E-state index contributed by atoms with van der Waals surface area (Å²) in [6.07, 6.45) is 0.252. The van der Waals surface area contributed by atoms with Gasteiger partial charge in [-0.15, -0.1) is 0 Å². The Morgan fingerprint density at radius 2 is 2.19 bits per heavy atom. The van der Waals surface area contributed by atoms with Gasteiger partial charge in [-0.3, -0.25) is 4.79 Å². The number of halogens is 2. The monoisotopic (exact) mass is 227 g/mol. The summed E-state index contributed by atoms with van der Waals surface area (Å²) in [6.45, 7) is 0. The maximum atomic E-state index is 13.5. The highest BCUT2D eigenvalue weighted by Gasteiger charge is 2.36. The SMILES string of the molecule is COC(=O)C1CC(N)c2c(F)cc(F)cc21. The normalized spacial score (nSPS) is 23.0. The maximum absolute atomic E-state index is 13.5. The molecule has 1 aromatic rings. The molecule has 2 unspecified atom stereocenters. The molecule has 1 aliphatic rings. The van der Waals surface area contributed by atoms with Gasteiger partial charge in [-0.05, 0) is 18.1 Å². The molecule has 0 aromatic heterocycles. The molecular formula is C11H11F2NO2. The molecule has 3 nitrogen and oxygen atoms in total. The molecule has 2 rings (SSSR count). The van der Waals surface area contributed by atoms with E-state index >= 15 is 0 Å². The van der Waals surface area contributed by atoms with Crippen LogP contribution in [0.3, 0.4) is 0 Å². The zero-order valence-corrected chi connectivity index (χ0v) is 8.67. The third-order valence-electron chi connectivity index (χ3n) is 2.85. The molecule has 0 saturated carbocycles. The second kappa shape index (κ2) is 3.83. The van der Waals surface area contributed by atoms with Crippen LogP contribution in [0.1, 0.15) is 29.5 Å². The summed E-state index contributed by atoms with van der Waals surface area (Å²) in [5.74, 6) is -2.59. The van der Waals surface area contributed by atoms with E-state index in [0.29, 0.717) is 5.56 Å². The van der Waals surface area contributed by atoms with Crippen LogP contribution in [0.25, 0.3) is 0 Å². The Hall–Kier alpha value is -1.49. The van der Waals surface area contributed by atoms with Crippen LogP contribution in [0.4, 0.5) is 8.78 Å². The quantitative estimate of drug-likeness (QED) is 0.742. The summed E-state index contributed by atoms with van der Waals surface area (Å²) in [4.78, 5) is 11.4. The Balaban J connectivity index is 2.53. The minimum absolute atomic E-state index is 0.219. The van der Waals surface area contributed by atoms with Gasteiger partial charge < -0.3 is 10.5 Å². The van der Waals surface area contributed by atoms with Crippen LogP contribution in [0, 0.1) is 11.6 Å². The van der Waals surface area contributed by atoms with Crippen LogP contribution >= 0.6 is 0 Å². The van der Waals surface area contributed by atoms with E-state index in [4.69, 9.17) is 5.73 Å². The number of hydrogen-bond donors (Lipinski definition) is 1. The molecule has 86 valence electrons. The van der Waals surface area contributed by atoms with E-state index in [-0.39, 0.29) is 12.0 Å². The van der Waals surface area contributed by atoms with Crippen molar-refractivity contribution in [3.8, 4) is 0 Å². The van der Waals surface area contributed by atoms with Gasteiger partial charge in [0.05, 0.1) is 13.0 Å². The van der Waals surface area contributed by atoms with Crippen molar-refractivity contribution in [3.05, 3.63) is 34.9 Å². The maximum Gasteiger partial charge on any atom is 0.313 e. The summed E-state index contributed by atoms with van der Waals surface area (Å²) in [6, 6.07) is 1.34. The Morgan fingerprint density at radius 3 is 2.81 bits per heavy atom. The van der Waals surface area contributed by atoms with Crippen molar-refractivity contribution in [3.63, 3.8) is 0 Å². The number of hydrogen-bond acceptors (Lipinski definition) is 3. The van der Waals surface area contributed by atoms with E-state index in [1.165, 1.54) is 7.11 Å². The molecule has 0 saturated heterocycles. The molecular weight excluding hydrogens is 216 g/mol. The number of benzene rings is 1. The summed E-state index contributed by atoms with van der Waals surface area (Å²) in [7, 11) is 1.24. The van der Waals surface area contributed by atoms with Gasteiger partial charge >= 0.3 is 5.97 Å². The number of esters is 1. The molecule has 16 heavy (non-hydrogen) atoms. The number of fused-ring (bicyclic) bond motifs is 1. The fourth-order valence-electron chi connectivity index (χ4n) is 2.15. The topological polar surface area (TPSA) is 52.3 Å². The first-order valence-corrected chi connectivity index (χ1v) is 4.87. The van der Waals surface area contributed by atoms with Gasteiger partial charge in [0, 0.05) is 17.7 Å². The zero-order valence-electron chi connectivity index (χ0n) is 8.67. The molecule has 0 spiro atoms. The smallest absolute Gasteiger partial charge is 0.313 e. The molecule has 5 heteroatoms. The average molecular weight is 227 g/mol. The van der Waals surface area contributed by atoms with Gasteiger partial charge in [-0.2, -0.15) is 0 Å². The van der Waals surface area contributed by atoms with Gasteiger partial charge in [0.25, 0.3) is 0 Å². The molecule has 2 atom stereocenters. The van der Waals surface area contributed by atoms with E-state index in [2.05, 4.69) is 4.74 Å². The van der Waals surface area contributed by atoms with Crippen molar-refractivity contribution in [2.45, 2.75) is 18.4 Å². The Bertz CT molecular complexity index is 448. The minimum atomic E-state index is -0.709. The van der Waals surface area contributed by atoms with Crippen molar-refractivity contribution >= 4 is 5.97 Å². The van der Waals surface area contributed by atoms with Crippen LogP contribution in [0.15, 0.2) is 12.1 Å². The average Bonchev–Trinajstić information content (AvgIpc) is 2.54. The van der Waals surface area contributed by atoms with Crippen molar-refractivity contribution < 1.29 is 18.3 Å². The lowest BCUT2D eigenvalue weighted by molar-refractivity contribution is -0.142. The van der Waals surface area contributed by atoms with Crippen LogP contribution in [-0.2, 0) is 9.53 Å². The van der Waals surface area contributed by atoms with Gasteiger partial charge in [-0.25, -0.2) is 8.78 Å². The number of methoxy groups -OCH3 is 1. The first-order chi connectivity index (χ1) is 7.54. The van der Waals surface area contributed by atoms with Gasteiger partial charge in [0.1, 0.15) is 11.6 Å². The molecule has 0 fully saturated rings. The van der Waals surface area contributed by atoms with Crippen LogP contribution in [-0.4, -0.2) is 13.1 Å². The van der Waals surface area contributed by atoms with Crippen LogP contribution in [0.5, 0.6) is 0 Å². The van der Waals surface area contributed by atoms with Gasteiger partial charge in [-0.1, -0.05) is 0 Å². The highest BCUT2D eigenvalue weighted by Crippen LogP contribution is 2.41. The third-order valence-corrected chi connectivity index (χ3v) is 2.85. The lowest BCUT2D eigenvalue weighted by atomic mass is 10.0. The van der Waals surface area contributed by atoms with Gasteiger partial charge in [0.15, 0.2) is 0 Å². The number of carbonyl (C=O) groups is 1. The Kier molecular flexibility index (Phi) is 2.63. The minimum Gasteiger partial charge on any atom is -0.469 e. The molecule has 0 heterocycles. The third kappa shape index (κ3) is 1.57. The van der Waals surface area contributed by atoms with Crippen LogP contribution < -0.4 is 5.73 Å². The number of carbonyl (C=O) groups excluding carboxylic acids is 1. The number of nitrogens with two attached hydrogens (primary N) is 1. The molecule has 0 amide bonds. The predicted molar refractivity (Wildman–Crippen MR) is 52.7 cm³/mol. The Labute approximate surface area is 91.2 Å². The second-order valence-corrected chi connectivity index (χ2v) is 3.81. The number of rotatable bonds is 1. The molecule has 1 aromatic carbocycles. The van der Waals surface area contributed by atoms with Crippen LogP contribution in [0.2, 0.25) is 0 Å². The van der Waals surface area contributed by atoms with E-state index in [0.717, 1.165) is 12.1 Å². The molecule has 2 N–H and O–H groups in total. The first-order valence-electron chi connectivity index (χ1n) is 4.87. The lowest BCUT2D eigenvalue weighted by Gasteiger charge is -2.08. The summed E-state index contributed by atoms with van der Waals surface area (Å²) >= 11 is 0. The van der Waals surface area contributed by atoms with Crippen molar-refractivity contribution in [1.82, 2.24) is 0 Å². The van der Waals surface area contributed by atoms with E-state index < -0.39 is 29.6 Å². The summed E-state index contributed by atoms with van der Waals surface area (Å²) in [5.41, 5.74) is 6.23.